The normalized spacial score (nSPS) is 11.9. The lowest BCUT2D eigenvalue weighted by Gasteiger charge is -2.11. The molecule has 0 aliphatic rings. The van der Waals surface area contributed by atoms with Gasteiger partial charge in [0.1, 0.15) is 25.0 Å². The topological polar surface area (TPSA) is 61.6 Å². The van der Waals surface area contributed by atoms with Crippen LogP contribution in [0.4, 0.5) is 0 Å². The Morgan fingerprint density at radius 2 is 2.06 bits per heavy atom. The van der Waals surface area contributed by atoms with Gasteiger partial charge in [-0.15, -0.1) is 0 Å². The largest absolute Gasteiger partial charge is 0.490 e. The Kier molecular flexibility index (Phi) is 7.29. The van der Waals surface area contributed by atoms with Gasteiger partial charge in [0.15, 0.2) is 0 Å². The highest BCUT2D eigenvalue weighted by Gasteiger charge is 2.13. The van der Waals surface area contributed by atoms with Gasteiger partial charge < -0.3 is 15.2 Å². The third kappa shape index (κ3) is 5.93. The van der Waals surface area contributed by atoms with E-state index in [-0.39, 0.29) is 12.6 Å². The Labute approximate surface area is 112 Å². The number of nitrogens with two attached hydrogens (primary N) is 1. The van der Waals surface area contributed by atoms with Gasteiger partial charge in [0.05, 0.1) is 0 Å². The van der Waals surface area contributed by atoms with E-state index in [1.807, 2.05) is 36.6 Å². The summed E-state index contributed by atoms with van der Waals surface area (Å²) in [5.41, 5.74) is 5.67. The van der Waals surface area contributed by atoms with Crippen molar-refractivity contribution in [3.05, 3.63) is 30.3 Å². The van der Waals surface area contributed by atoms with Gasteiger partial charge in [-0.05, 0) is 30.6 Å². The van der Waals surface area contributed by atoms with Crippen LogP contribution < -0.4 is 10.5 Å². The fourth-order valence-electron chi connectivity index (χ4n) is 1.29. The van der Waals surface area contributed by atoms with Crippen LogP contribution in [0.1, 0.15) is 6.42 Å². The van der Waals surface area contributed by atoms with E-state index < -0.39 is 6.04 Å². The Morgan fingerprint density at radius 1 is 1.33 bits per heavy atom. The van der Waals surface area contributed by atoms with E-state index in [0.717, 1.165) is 11.5 Å². The van der Waals surface area contributed by atoms with Crippen LogP contribution in [0.3, 0.4) is 0 Å². The summed E-state index contributed by atoms with van der Waals surface area (Å²) in [4.78, 5) is 11.4. The van der Waals surface area contributed by atoms with Crippen LogP contribution in [0.15, 0.2) is 30.3 Å². The summed E-state index contributed by atoms with van der Waals surface area (Å²) in [5, 5.41) is 0. The number of hydrogen-bond acceptors (Lipinski definition) is 5. The summed E-state index contributed by atoms with van der Waals surface area (Å²) in [6.45, 7) is 0.561. The fraction of sp³-hybridized carbons (Fsp3) is 0.462. The molecule has 0 bridgehead atoms. The molecule has 0 spiro atoms. The van der Waals surface area contributed by atoms with Crippen molar-refractivity contribution >= 4 is 17.7 Å². The Morgan fingerprint density at radius 3 is 2.72 bits per heavy atom. The van der Waals surface area contributed by atoms with Crippen LogP contribution >= 0.6 is 11.8 Å². The van der Waals surface area contributed by atoms with Crippen molar-refractivity contribution in [2.24, 2.45) is 5.73 Å². The number of carbonyl (C=O) groups excluding carboxylic acids is 1. The SMILES string of the molecule is CSCC[C@@H](N)C(=O)OCCOc1ccccc1. The molecule has 18 heavy (non-hydrogen) atoms. The van der Waals surface area contributed by atoms with Crippen molar-refractivity contribution in [3.8, 4) is 5.75 Å². The second-order valence-electron chi connectivity index (χ2n) is 3.72. The van der Waals surface area contributed by atoms with E-state index in [4.69, 9.17) is 15.2 Å². The van der Waals surface area contributed by atoms with Crippen LogP contribution in [0.2, 0.25) is 0 Å². The molecule has 0 saturated carbocycles. The molecule has 0 amide bonds. The first-order chi connectivity index (χ1) is 8.74. The average molecular weight is 269 g/mol. The van der Waals surface area contributed by atoms with Gasteiger partial charge in [-0.2, -0.15) is 11.8 Å². The predicted octanol–water partition coefficient (Wildman–Crippen LogP) is 1.69. The Hall–Kier alpha value is -1.20. The van der Waals surface area contributed by atoms with E-state index in [9.17, 15) is 4.79 Å². The summed E-state index contributed by atoms with van der Waals surface area (Å²) < 4.78 is 10.4. The third-order valence-electron chi connectivity index (χ3n) is 2.28. The number of hydrogen-bond donors (Lipinski definition) is 1. The van der Waals surface area contributed by atoms with Crippen LogP contribution in [0.25, 0.3) is 0 Å². The molecule has 2 N–H and O–H groups in total. The predicted molar refractivity (Wildman–Crippen MR) is 73.9 cm³/mol. The van der Waals surface area contributed by atoms with Crippen molar-refractivity contribution in [3.63, 3.8) is 0 Å². The number of carbonyl (C=O) groups is 1. The Balaban J connectivity index is 2.12. The molecule has 1 aromatic rings. The second-order valence-corrected chi connectivity index (χ2v) is 4.70. The maximum atomic E-state index is 11.4. The average Bonchev–Trinajstić information content (AvgIpc) is 2.41. The summed E-state index contributed by atoms with van der Waals surface area (Å²) in [6.07, 6.45) is 2.62. The molecule has 1 rings (SSSR count). The molecule has 0 aromatic heterocycles. The number of rotatable bonds is 8. The highest BCUT2D eigenvalue weighted by Crippen LogP contribution is 2.07. The third-order valence-corrected chi connectivity index (χ3v) is 2.92. The molecular weight excluding hydrogens is 250 g/mol. The summed E-state index contributed by atoms with van der Waals surface area (Å²) in [7, 11) is 0. The number of esters is 1. The zero-order chi connectivity index (χ0) is 13.2. The molecule has 5 heteroatoms. The molecule has 0 heterocycles. The van der Waals surface area contributed by atoms with Gasteiger partial charge in [-0.1, -0.05) is 18.2 Å². The first-order valence-electron chi connectivity index (χ1n) is 5.83. The quantitative estimate of drug-likeness (QED) is 0.575. The molecule has 100 valence electrons. The maximum absolute atomic E-state index is 11.4. The van der Waals surface area contributed by atoms with Crippen molar-refractivity contribution in [2.75, 3.05) is 25.2 Å². The van der Waals surface area contributed by atoms with Crippen LogP contribution in [-0.2, 0) is 9.53 Å². The lowest BCUT2D eigenvalue weighted by atomic mass is 10.2. The lowest BCUT2D eigenvalue weighted by Crippen LogP contribution is -2.33. The van der Waals surface area contributed by atoms with E-state index in [0.29, 0.717) is 13.0 Å². The van der Waals surface area contributed by atoms with Crippen LogP contribution in [-0.4, -0.2) is 37.2 Å². The molecule has 0 aliphatic heterocycles. The first kappa shape index (κ1) is 14.9. The standard InChI is InChI=1S/C13H19NO3S/c1-18-10-7-12(14)13(15)17-9-8-16-11-5-3-2-4-6-11/h2-6,12H,7-10,14H2,1H3/t12-/m1/s1. The summed E-state index contributed by atoms with van der Waals surface area (Å²) in [5.74, 6) is 1.26. The maximum Gasteiger partial charge on any atom is 0.323 e. The molecule has 0 fully saturated rings. The molecule has 4 nitrogen and oxygen atoms in total. The van der Waals surface area contributed by atoms with E-state index in [2.05, 4.69) is 0 Å². The van der Waals surface area contributed by atoms with Gasteiger partial charge in [-0.3, -0.25) is 4.79 Å². The molecule has 1 atom stereocenters. The molecule has 0 aliphatic carbocycles. The van der Waals surface area contributed by atoms with Crippen molar-refractivity contribution in [1.29, 1.82) is 0 Å². The summed E-state index contributed by atoms with van der Waals surface area (Å²) in [6, 6.07) is 8.86. The lowest BCUT2D eigenvalue weighted by molar-refractivity contribution is -0.145. The van der Waals surface area contributed by atoms with E-state index in [1.54, 1.807) is 11.8 Å². The first-order valence-corrected chi connectivity index (χ1v) is 7.22. The van der Waals surface area contributed by atoms with E-state index >= 15 is 0 Å². The highest BCUT2D eigenvalue weighted by molar-refractivity contribution is 7.98. The van der Waals surface area contributed by atoms with Gasteiger partial charge in [0, 0.05) is 0 Å². The van der Waals surface area contributed by atoms with Crippen molar-refractivity contribution < 1.29 is 14.3 Å². The smallest absolute Gasteiger partial charge is 0.323 e. The number of ether oxygens (including phenoxy) is 2. The number of benzene rings is 1. The Bertz CT molecular complexity index is 345. The van der Waals surface area contributed by atoms with Crippen LogP contribution in [0, 0.1) is 0 Å². The number of para-hydroxylation sites is 1. The minimum Gasteiger partial charge on any atom is -0.490 e. The van der Waals surface area contributed by atoms with Gasteiger partial charge in [0.25, 0.3) is 0 Å². The molecule has 0 radical (unpaired) electrons. The monoisotopic (exact) mass is 269 g/mol. The summed E-state index contributed by atoms with van der Waals surface area (Å²) >= 11 is 1.66. The van der Waals surface area contributed by atoms with Gasteiger partial charge >= 0.3 is 5.97 Å². The molecule has 0 unspecified atom stereocenters. The highest BCUT2D eigenvalue weighted by atomic mass is 32.2. The molecule has 1 aromatic carbocycles. The van der Waals surface area contributed by atoms with Gasteiger partial charge in [0.2, 0.25) is 0 Å². The van der Waals surface area contributed by atoms with Gasteiger partial charge in [-0.25, -0.2) is 0 Å². The minimum absolute atomic E-state index is 0.223. The molecule has 0 saturated heterocycles. The number of thioether (sulfide) groups is 1. The van der Waals surface area contributed by atoms with Crippen LogP contribution in [0.5, 0.6) is 5.75 Å². The zero-order valence-corrected chi connectivity index (χ0v) is 11.3. The minimum atomic E-state index is -0.533. The molecular formula is C13H19NO3S. The van der Waals surface area contributed by atoms with Crippen molar-refractivity contribution in [1.82, 2.24) is 0 Å². The second kappa shape index (κ2) is 8.83. The zero-order valence-electron chi connectivity index (χ0n) is 10.5. The fourth-order valence-corrected chi connectivity index (χ4v) is 1.78. The van der Waals surface area contributed by atoms with E-state index in [1.165, 1.54) is 0 Å². The van der Waals surface area contributed by atoms with Crippen molar-refractivity contribution in [2.45, 2.75) is 12.5 Å².